The molecule has 0 bridgehead atoms. The molecule has 4 aromatic rings. The number of hydrogen-bond acceptors (Lipinski definition) is 3. The first-order valence-electron chi connectivity index (χ1n) is 12.3. The number of piperazine rings is 1. The standard InChI is InChI=1S/C31H28N2O2/c34-31(24-11-5-2-6-12-24)33-19-17-32(18-20-33)30-27-14-8-7-13-26(27)29-21-25(15-16-28(29)30)35-22-23-9-3-1-4-10-23/h1-16,21,30H,17-20,22H2. The van der Waals surface area contributed by atoms with Gasteiger partial charge in [-0.15, -0.1) is 0 Å². The van der Waals surface area contributed by atoms with Crippen molar-refractivity contribution in [1.29, 1.82) is 0 Å². The number of benzene rings is 4. The molecule has 1 saturated heterocycles. The van der Waals surface area contributed by atoms with Gasteiger partial charge in [-0.05, 0) is 52.1 Å². The van der Waals surface area contributed by atoms with E-state index < -0.39 is 0 Å². The molecule has 1 amide bonds. The van der Waals surface area contributed by atoms with Gasteiger partial charge in [0.15, 0.2) is 0 Å². The number of amides is 1. The van der Waals surface area contributed by atoms with Crippen molar-refractivity contribution in [2.75, 3.05) is 26.2 Å². The second kappa shape index (κ2) is 9.40. The average Bonchev–Trinajstić information content (AvgIpc) is 3.26. The van der Waals surface area contributed by atoms with Crippen LogP contribution in [0, 0.1) is 0 Å². The molecule has 1 fully saturated rings. The van der Waals surface area contributed by atoms with E-state index in [4.69, 9.17) is 4.74 Å². The molecule has 6 rings (SSSR count). The maximum atomic E-state index is 12.9. The van der Waals surface area contributed by atoms with E-state index in [-0.39, 0.29) is 11.9 Å². The number of ether oxygens (including phenoxy) is 1. The Balaban J connectivity index is 1.21. The van der Waals surface area contributed by atoms with Gasteiger partial charge in [-0.3, -0.25) is 9.69 Å². The van der Waals surface area contributed by atoms with Crippen LogP contribution in [0.4, 0.5) is 0 Å². The first-order chi connectivity index (χ1) is 17.3. The summed E-state index contributed by atoms with van der Waals surface area (Å²) < 4.78 is 6.14. The second-order valence-electron chi connectivity index (χ2n) is 9.21. The minimum atomic E-state index is 0.123. The van der Waals surface area contributed by atoms with E-state index in [2.05, 4.69) is 59.5 Å². The Kier molecular flexibility index (Phi) is 5.81. The van der Waals surface area contributed by atoms with E-state index in [1.54, 1.807) is 0 Å². The minimum absolute atomic E-state index is 0.123. The lowest BCUT2D eigenvalue weighted by Crippen LogP contribution is -2.49. The second-order valence-corrected chi connectivity index (χ2v) is 9.21. The van der Waals surface area contributed by atoms with E-state index in [0.717, 1.165) is 43.1 Å². The van der Waals surface area contributed by atoms with E-state index in [1.165, 1.54) is 22.3 Å². The summed E-state index contributed by atoms with van der Waals surface area (Å²) in [6.45, 7) is 3.73. The van der Waals surface area contributed by atoms with Crippen LogP contribution in [-0.4, -0.2) is 41.9 Å². The zero-order valence-electron chi connectivity index (χ0n) is 19.6. The van der Waals surface area contributed by atoms with E-state index >= 15 is 0 Å². The fraction of sp³-hybridized carbons (Fsp3) is 0.194. The van der Waals surface area contributed by atoms with Crippen LogP contribution in [0.3, 0.4) is 0 Å². The fourth-order valence-electron chi connectivity index (χ4n) is 5.33. The molecular weight excluding hydrogens is 432 g/mol. The Hall–Kier alpha value is -3.89. The molecule has 1 aliphatic heterocycles. The Morgan fingerprint density at radius 1 is 0.714 bits per heavy atom. The Bertz CT molecular complexity index is 1330. The molecule has 4 heteroatoms. The fourth-order valence-corrected chi connectivity index (χ4v) is 5.33. The third kappa shape index (κ3) is 4.22. The molecule has 1 atom stereocenters. The monoisotopic (exact) mass is 460 g/mol. The molecular formula is C31H28N2O2. The van der Waals surface area contributed by atoms with Crippen LogP contribution in [0.25, 0.3) is 11.1 Å². The number of hydrogen-bond donors (Lipinski definition) is 0. The van der Waals surface area contributed by atoms with Crippen LogP contribution >= 0.6 is 0 Å². The molecule has 1 heterocycles. The summed E-state index contributed by atoms with van der Waals surface area (Å²) in [5, 5.41) is 0. The van der Waals surface area contributed by atoms with Crippen LogP contribution in [0.5, 0.6) is 5.75 Å². The van der Waals surface area contributed by atoms with Crippen LogP contribution in [-0.2, 0) is 6.61 Å². The van der Waals surface area contributed by atoms with E-state index in [1.807, 2.05) is 53.4 Å². The summed E-state index contributed by atoms with van der Waals surface area (Å²) in [7, 11) is 0. The van der Waals surface area contributed by atoms with E-state index in [0.29, 0.717) is 6.61 Å². The zero-order valence-corrected chi connectivity index (χ0v) is 19.6. The van der Waals surface area contributed by atoms with Crippen molar-refractivity contribution in [3.05, 3.63) is 125 Å². The molecule has 0 saturated carbocycles. The molecule has 4 aromatic carbocycles. The van der Waals surface area contributed by atoms with Crippen LogP contribution < -0.4 is 4.74 Å². The first-order valence-corrected chi connectivity index (χ1v) is 12.3. The Labute approximate surface area is 206 Å². The summed E-state index contributed by atoms with van der Waals surface area (Å²) in [5.41, 5.74) is 7.11. The lowest BCUT2D eigenvalue weighted by atomic mass is 10.0. The number of carbonyl (C=O) groups excluding carboxylic acids is 1. The van der Waals surface area contributed by atoms with Gasteiger partial charge in [0.1, 0.15) is 12.4 Å². The maximum absolute atomic E-state index is 12.9. The van der Waals surface area contributed by atoms with Crippen molar-refractivity contribution in [1.82, 2.24) is 9.80 Å². The minimum Gasteiger partial charge on any atom is -0.489 e. The van der Waals surface area contributed by atoms with Gasteiger partial charge in [0, 0.05) is 31.7 Å². The lowest BCUT2D eigenvalue weighted by molar-refractivity contribution is 0.0600. The number of fused-ring (bicyclic) bond motifs is 3. The maximum Gasteiger partial charge on any atom is 0.253 e. The predicted octanol–water partition coefficient (Wildman–Crippen LogP) is 5.79. The normalized spacial score (nSPS) is 17.0. The van der Waals surface area contributed by atoms with Crippen molar-refractivity contribution in [2.45, 2.75) is 12.6 Å². The first kappa shape index (κ1) is 21.6. The molecule has 0 radical (unpaired) electrons. The van der Waals surface area contributed by atoms with Gasteiger partial charge in [0.25, 0.3) is 5.91 Å². The van der Waals surface area contributed by atoms with Gasteiger partial charge in [-0.25, -0.2) is 0 Å². The lowest BCUT2D eigenvalue weighted by Gasteiger charge is -2.38. The largest absolute Gasteiger partial charge is 0.489 e. The number of nitrogens with zero attached hydrogens (tertiary/aromatic N) is 2. The molecule has 0 aromatic heterocycles. The molecule has 174 valence electrons. The smallest absolute Gasteiger partial charge is 0.253 e. The molecule has 35 heavy (non-hydrogen) atoms. The Morgan fingerprint density at radius 3 is 2.14 bits per heavy atom. The highest BCUT2D eigenvalue weighted by molar-refractivity contribution is 5.94. The van der Waals surface area contributed by atoms with Crippen molar-refractivity contribution in [3.63, 3.8) is 0 Å². The summed E-state index contributed by atoms with van der Waals surface area (Å²) in [6, 6.07) is 35.3. The molecule has 2 aliphatic rings. The van der Waals surface area contributed by atoms with Gasteiger partial charge in [-0.2, -0.15) is 0 Å². The van der Waals surface area contributed by atoms with Gasteiger partial charge in [-0.1, -0.05) is 78.9 Å². The van der Waals surface area contributed by atoms with Crippen LogP contribution in [0.2, 0.25) is 0 Å². The average molecular weight is 461 g/mol. The van der Waals surface area contributed by atoms with Crippen molar-refractivity contribution in [2.24, 2.45) is 0 Å². The molecule has 4 nitrogen and oxygen atoms in total. The quantitative estimate of drug-likeness (QED) is 0.378. The highest BCUT2D eigenvalue weighted by atomic mass is 16.5. The molecule has 0 N–H and O–H groups in total. The summed E-state index contributed by atoms with van der Waals surface area (Å²) in [5.74, 6) is 1.01. The Morgan fingerprint density at radius 2 is 1.37 bits per heavy atom. The predicted molar refractivity (Wildman–Crippen MR) is 138 cm³/mol. The molecule has 0 spiro atoms. The third-order valence-electron chi connectivity index (χ3n) is 7.10. The molecule has 1 unspecified atom stereocenters. The topological polar surface area (TPSA) is 32.8 Å². The zero-order chi connectivity index (χ0) is 23.6. The van der Waals surface area contributed by atoms with Gasteiger partial charge >= 0.3 is 0 Å². The summed E-state index contributed by atoms with van der Waals surface area (Å²) in [4.78, 5) is 17.4. The van der Waals surface area contributed by atoms with Crippen molar-refractivity contribution >= 4 is 5.91 Å². The highest BCUT2D eigenvalue weighted by Crippen LogP contribution is 2.47. The third-order valence-corrected chi connectivity index (χ3v) is 7.10. The summed E-state index contributed by atoms with van der Waals surface area (Å²) >= 11 is 0. The van der Waals surface area contributed by atoms with Crippen LogP contribution in [0.1, 0.15) is 33.1 Å². The number of rotatable bonds is 5. The van der Waals surface area contributed by atoms with Crippen molar-refractivity contribution < 1.29 is 9.53 Å². The van der Waals surface area contributed by atoms with Crippen molar-refractivity contribution in [3.8, 4) is 16.9 Å². The number of carbonyl (C=O) groups is 1. The van der Waals surface area contributed by atoms with Gasteiger partial charge in [0.05, 0.1) is 6.04 Å². The molecule has 1 aliphatic carbocycles. The van der Waals surface area contributed by atoms with Gasteiger partial charge < -0.3 is 9.64 Å². The van der Waals surface area contributed by atoms with Gasteiger partial charge in [0.2, 0.25) is 0 Å². The SMILES string of the molecule is O=C(c1ccccc1)N1CCN(C2c3ccccc3-c3cc(OCc4ccccc4)ccc32)CC1. The highest BCUT2D eigenvalue weighted by Gasteiger charge is 2.35. The van der Waals surface area contributed by atoms with Crippen LogP contribution in [0.15, 0.2) is 103 Å². The summed E-state index contributed by atoms with van der Waals surface area (Å²) in [6.07, 6.45) is 0. The van der Waals surface area contributed by atoms with E-state index in [9.17, 15) is 4.79 Å².